The van der Waals surface area contributed by atoms with Gasteiger partial charge in [0, 0.05) is 24.2 Å². The first-order valence-corrected chi connectivity index (χ1v) is 10.7. The predicted octanol–water partition coefficient (Wildman–Crippen LogP) is 4.95. The van der Waals surface area contributed by atoms with Gasteiger partial charge < -0.3 is 10.5 Å². The maximum absolute atomic E-state index is 13.8. The fourth-order valence-corrected chi connectivity index (χ4v) is 4.16. The molecule has 2 amide bonds. The molecule has 0 aliphatic carbocycles. The Balaban J connectivity index is 2.18. The van der Waals surface area contributed by atoms with Crippen molar-refractivity contribution in [2.24, 2.45) is 12.8 Å². The molecule has 168 valence electrons. The van der Waals surface area contributed by atoms with Crippen LogP contribution < -0.4 is 20.9 Å². The van der Waals surface area contributed by atoms with Gasteiger partial charge in [0.25, 0.3) is 5.56 Å². The van der Waals surface area contributed by atoms with Crippen LogP contribution in [0.3, 0.4) is 0 Å². The minimum Gasteiger partial charge on any atom is -0.497 e. The number of carbonyl (C=O) groups is 1. The number of hydrogen-bond donors (Lipinski definition) is 1. The van der Waals surface area contributed by atoms with Crippen molar-refractivity contribution >= 4 is 28.4 Å². The van der Waals surface area contributed by atoms with Gasteiger partial charge in [-0.1, -0.05) is 44.2 Å². The molecule has 7 heteroatoms. The third-order valence-corrected chi connectivity index (χ3v) is 5.72. The van der Waals surface area contributed by atoms with Gasteiger partial charge in [0.1, 0.15) is 17.1 Å². The Morgan fingerprint density at radius 2 is 1.85 bits per heavy atom. The largest absolute Gasteiger partial charge is 0.497 e. The summed E-state index contributed by atoms with van der Waals surface area (Å²) in [5, 5.41) is 0.719. The van der Waals surface area contributed by atoms with Gasteiger partial charge in [-0.15, -0.1) is 0 Å². The van der Waals surface area contributed by atoms with E-state index in [4.69, 9.17) is 10.5 Å². The van der Waals surface area contributed by atoms with E-state index < -0.39 is 6.03 Å². The normalized spacial score (nSPS) is 11.1. The Morgan fingerprint density at radius 1 is 1.09 bits per heavy atom. The number of anilines is 2. The van der Waals surface area contributed by atoms with Crippen LogP contribution in [0.25, 0.3) is 22.2 Å². The molecule has 0 fully saturated rings. The predicted molar refractivity (Wildman–Crippen MR) is 131 cm³/mol. The fraction of sp³-hybridized carbons (Fsp3) is 0.192. The second-order valence-corrected chi connectivity index (χ2v) is 8.08. The molecule has 0 aliphatic heterocycles. The van der Waals surface area contributed by atoms with Crippen molar-refractivity contribution in [1.82, 2.24) is 9.55 Å². The van der Waals surface area contributed by atoms with Gasteiger partial charge in [-0.05, 0) is 47.4 Å². The first-order valence-electron chi connectivity index (χ1n) is 10.7. The summed E-state index contributed by atoms with van der Waals surface area (Å²) in [7, 11) is 3.22. The Kier molecular flexibility index (Phi) is 5.87. The lowest BCUT2D eigenvalue weighted by Crippen LogP contribution is -2.38. The summed E-state index contributed by atoms with van der Waals surface area (Å²) >= 11 is 0. The molecule has 0 saturated heterocycles. The number of hydrogen-bond acceptors (Lipinski definition) is 4. The minimum absolute atomic E-state index is 0.106. The second kappa shape index (κ2) is 8.78. The third kappa shape index (κ3) is 3.82. The topological polar surface area (TPSA) is 90.5 Å². The minimum atomic E-state index is -0.743. The molecule has 4 rings (SSSR count). The van der Waals surface area contributed by atoms with E-state index in [1.54, 1.807) is 26.4 Å². The van der Waals surface area contributed by atoms with Crippen LogP contribution in [0, 0.1) is 0 Å². The van der Waals surface area contributed by atoms with Crippen molar-refractivity contribution in [3.05, 3.63) is 82.8 Å². The zero-order valence-electron chi connectivity index (χ0n) is 19.1. The van der Waals surface area contributed by atoms with Crippen LogP contribution in [0.2, 0.25) is 0 Å². The SMILES string of the molecule is COc1cccc(-c2c(N(C(N)=O)c3ccccc3C(C)C)c(=O)n(C)c3ncccc23)c1. The van der Waals surface area contributed by atoms with Crippen LogP contribution in [0.15, 0.2) is 71.7 Å². The lowest BCUT2D eigenvalue weighted by Gasteiger charge is -2.27. The molecule has 33 heavy (non-hydrogen) atoms. The highest BCUT2D eigenvalue weighted by molar-refractivity contribution is 6.08. The molecule has 2 N–H and O–H groups in total. The van der Waals surface area contributed by atoms with Crippen LogP contribution in [0.1, 0.15) is 25.3 Å². The number of carbonyl (C=O) groups excluding carboxylic acids is 1. The summed E-state index contributed by atoms with van der Waals surface area (Å²) < 4.78 is 6.87. The zero-order valence-corrected chi connectivity index (χ0v) is 19.1. The summed E-state index contributed by atoms with van der Waals surface area (Å²) in [4.78, 5) is 32.5. The Bertz CT molecular complexity index is 1410. The number of pyridine rings is 2. The molecule has 0 unspecified atom stereocenters. The van der Waals surface area contributed by atoms with E-state index in [-0.39, 0.29) is 17.2 Å². The Labute approximate surface area is 192 Å². The number of methoxy groups -OCH3 is 1. The van der Waals surface area contributed by atoms with Crippen LogP contribution in [-0.4, -0.2) is 22.7 Å². The maximum atomic E-state index is 13.8. The summed E-state index contributed by atoms with van der Waals surface area (Å²) in [5.74, 6) is 0.735. The van der Waals surface area contributed by atoms with Crippen LogP contribution >= 0.6 is 0 Å². The summed E-state index contributed by atoms with van der Waals surface area (Å²) in [6, 6.07) is 17.8. The number of fused-ring (bicyclic) bond motifs is 1. The number of benzene rings is 2. The highest BCUT2D eigenvalue weighted by Crippen LogP contribution is 2.40. The number of aryl methyl sites for hydroxylation is 1. The van der Waals surface area contributed by atoms with E-state index in [2.05, 4.69) is 4.98 Å². The molecule has 2 heterocycles. The van der Waals surface area contributed by atoms with Crippen LogP contribution in [-0.2, 0) is 7.05 Å². The smallest absolute Gasteiger partial charge is 0.324 e. The number of urea groups is 1. The molecule has 0 saturated carbocycles. The van der Waals surface area contributed by atoms with Crippen LogP contribution in [0.4, 0.5) is 16.2 Å². The van der Waals surface area contributed by atoms with E-state index in [0.29, 0.717) is 28.2 Å². The highest BCUT2D eigenvalue weighted by atomic mass is 16.5. The number of nitrogens with zero attached hydrogens (tertiary/aromatic N) is 3. The quantitative estimate of drug-likeness (QED) is 0.473. The van der Waals surface area contributed by atoms with E-state index in [0.717, 1.165) is 10.9 Å². The average Bonchev–Trinajstić information content (AvgIpc) is 2.82. The number of aromatic nitrogens is 2. The van der Waals surface area contributed by atoms with E-state index >= 15 is 0 Å². The first-order chi connectivity index (χ1) is 15.8. The Morgan fingerprint density at radius 3 is 2.55 bits per heavy atom. The van der Waals surface area contributed by atoms with Gasteiger partial charge >= 0.3 is 6.03 Å². The van der Waals surface area contributed by atoms with Crippen molar-refractivity contribution in [1.29, 1.82) is 0 Å². The summed E-state index contributed by atoms with van der Waals surface area (Å²) in [6.45, 7) is 4.06. The molecular weight excluding hydrogens is 416 g/mol. The van der Waals surface area contributed by atoms with Gasteiger partial charge in [0.2, 0.25) is 0 Å². The molecule has 2 aromatic carbocycles. The number of ether oxygens (including phenoxy) is 1. The van der Waals surface area contributed by atoms with Crippen LogP contribution in [0.5, 0.6) is 5.75 Å². The number of rotatable bonds is 5. The first kappa shape index (κ1) is 22.1. The summed E-state index contributed by atoms with van der Waals surface area (Å²) in [5.41, 5.74) is 8.99. The van der Waals surface area contributed by atoms with Gasteiger partial charge in [-0.25, -0.2) is 9.78 Å². The Hall–Kier alpha value is -4.13. The number of primary amides is 1. The van der Waals surface area contributed by atoms with Crippen molar-refractivity contribution in [2.75, 3.05) is 12.0 Å². The van der Waals surface area contributed by atoms with Gasteiger partial charge in [-0.3, -0.25) is 14.3 Å². The van der Waals surface area contributed by atoms with E-state index in [9.17, 15) is 9.59 Å². The average molecular weight is 443 g/mol. The van der Waals surface area contributed by atoms with E-state index in [1.807, 2.05) is 68.4 Å². The molecule has 0 atom stereocenters. The van der Waals surface area contributed by atoms with Gasteiger partial charge in [0.15, 0.2) is 0 Å². The van der Waals surface area contributed by atoms with Crippen molar-refractivity contribution in [3.8, 4) is 16.9 Å². The number of para-hydroxylation sites is 1. The van der Waals surface area contributed by atoms with Crippen molar-refractivity contribution < 1.29 is 9.53 Å². The molecule has 7 nitrogen and oxygen atoms in total. The molecule has 0 radical (unpaired) electrons. The maximum Gasteiger partial charge on any atom is 0.324 e. The fourth-order valence-electron chi connectivity index (χ4n) is 4.16. The monoisotopic (exact) mass is 442 g/mol. The molecular formula is C26H26N4O3. The molecule has 0 bridgehead atoms. The second-order valence-electron chi connectivity index (χ2n) is 8.08. The molecule has 0 aliphatic rings. The number of amides is 2. The van der Waals surface area contributed by atoms with Crippen molar-refractivity contribution in [3.63, 3.8) is 0 Å². The third-order valence-electron chi connectivity index (χ3n) is 5.72. The lowest BCUT2D eigenvalue weighted by atomic mass is 9.97. The zero-order chi connectivity index (χ0) is 23.7. The molecule has 0 spiro atoms. The lowest BCUT2D eigenvalue weighted by molar-refractivity contribution is 0.256. The highest BCUT2D eigenvalue weighted by Gasteiger charge is 2.28. The molecule has 2 aromatic heterocycles. The molecule has 4 aromatic rings. The van der Waals surface area contributed by atoms with E-state index in [1.165, 1.54) is 9.47 Å². The van der Waals surface area contributed by atoms with Gasteiger partial charge in [0.05, 0.1) is 12.8 Å². The summed E-state index contributed by atoms with van der Waals surface area (Å²) in [6.07, 6.45) is 1.64. The van der Waals surface area contributed by atoms with Gasteiger partial charge in [-0.2, -0.15) is 0 Å². The standard InChI is InChI=1S/C26H26N4O3/c1-16(2)19-11-5-6-13-21(19)30(26(27)32)23-22(17-9-7-10-18(15-17)33-4)20-12-8-14-28-24(20)29(3)25(23)31/h5-16H,1-4H3,(H2,27,32). The number of nitrogens with two attached hydrogens (primary N) is 1. The van der Waals surface area contributed by atoms with Crippen molar-refractivity contribution in [2.45, 2.75) is 19.8 Å².